The Hall–Kier alpha value is -0.410. The van der Waals surface area contributed by atoms with Gasteiger partial charge in [-0.05, 0) is 25.2 Å². The first kappa shape index (κ1) is 10.6. The van der Waals surface area contributed by atoms with Crippen LogP contribution in [0.25, 0.3) is 0 Å². The molecule has 3 heteroatoms. The number of allylic oxidation sites excluding steroid dienone is 3. The highest BCUT2D eigenvalue weighted by Crippen LogP contribution is 2.16. The smallest absolute Gasteiger partial charge is 0.0851 e. The molecule has 0 heterocycles. The molecule has 0 saturated carbocycles. The van der Waals surface area contributed by atoms with Crippen LogP contribution in [0.2, 0.25) is 0 Å². The summed E-state index contributed by atoms with van der Waals surface area (Å²) in [6.45, 7) is 4.12. The number of nitrogens with two attached hydrogens (primary N) is 1. The van der Waals surface area contributed by atoms with Crippen molar-refractivity contribution in [3.8, 4) is 0 Å². The van der Waals surface area contributed by atoms with E-state index in [0.717, 1.165) is 11.4 Å². The summed E-state index contributed by atoms with van der Waals surface area (Å²) in [5.41, 5.74) is 3.93. The Labute approximate surface area is 72.9 Å². The molecule has 0 aliphatic carbocycles. The Bertz CT molecular complexity index is 155. The van der Waals surface area contributed by atoms with Gasteiger partial charge in [0.1, 0.15) is 0 Å². The Morgan fingerprint density at radius 1 is 1.64 bits per heavy atom. The molecule has 0 aliphatic heterocycles. The number of thioether (sulfide) groups is 1. The SMILES string of the molecule is C/C=C\C(CC)=C(/NN)SC. The van der Waals surface area contributed by atoms with Crippen LogP contribution in [-0.4, -0.2) is 6.26 Å². The highest BCUT2D eigenvalue weighted by molar-refractivity contribution is 8.02. The van der Waals surface area contributed by atoms with Gasteiger partial charge in [-0.2, -0.15) is 0 Å². The second-order valence-electron chi connectivity index (χ2n) is 2.06. The molecular formula is C8H16N2S. The van der Waals surface area contributed by atoms with Crippen LogP contribution < -0.4 is 11.3 Å². The molecule has 0 amide bonds. The quantitative estimate of drug-likeness (QED) is 0.387. The van der Waals surface area contributed by atoms with Gasteiger partial charge in [0.15, 0.2) is 0 Å². The summed E-state index contributed by atoms with van der Waals surface area (Å²) in [5.74, 6) is 5.33. The third kappa shape index (κ3) is 3.49. The fraction of sp³-hybridized carbons (Fsp3) is 0.500. The minimum absolute atomic E-state index is 1.00. The van der Waals surface area contributed by atoms with Crippen LogP contribution in [-0.2, 0) is 0 Å². The molecule has 0 rings (SSSR count). The molecule has 11 heavy (non-hydrogen) atoms. The number of hydrazine groups is 1. The van der Waals surface area contributed by atoms with Gasteiger partial charge in [-0.25, -0.2) is 0 Å². The maximum atomic E-state index is 5.33. The summed E-state index contributed by atoms with van der Waals surface area (Å²) >= 11 is 1.63. The Balaban J connectivity index is 4.47. The minimum atomic E-state index is 1.00. The first-order valence-electron chi connectivity index (χ1n) is 3.66. The maximum absolute atomic E-state index is 5.33. The molecule has 0 aromatic rings. The van der Waals surface area contributed by atoms with Gasteiger partial charge in [-0.3, -0.25) is 5.84 Å². The molecular weight excluding hydrogens is 156 g/mol. The second-order valence-corrected chi connectivity index (χ2v) is 2.87. The lowest BCUT2D eigenvalue weighted by Crippen LogP contribution is -2.20. The normalized spacial score (nSPS) is 13.5. The summed E-state index contributed by atoms with van der Waals surface area (Å²) in [5, 5.41) is 1.05. The summed E-state index contributed by atoms with van der Waals surface area (Å²) in [4.78, 5) is 0. The molecule has 0 aromatic carbocycles. The van der Waals surface area contributed by atoms with Crippen molar-refractivity contribution < 1.29 is 0 Å². The average molecular weight is 172 g/mol. The summed E-state index contributed by atoms with van der Waals surface area (Å²) in [6.07, 6.45) is 7.11. The fourth-order valence-corrected chi connectivity index (χ4v) is 1.43. The van der Waals surface area contributed by atoms with Crippen molar-refractivity contribution in [3.63, 3.8) is 0 Å². The van der Waals surface area contributed by atoms with Crippen LogP contribution in [0.5, 0.6) is 0 Å². The molecule has 3 N–H and O–H groups in total. The largest absolute Gasteiger partial charge is 0.318 e. The van der Waals surface area contributed by atoms with Crippen molar-refractivity contribution in [2.75, 3.05) is 6.26 Å². The van der Waals surface area contributed by atoms with Crippen LogP contribution in [0, 0.1) is 0 Å². The van der Waals surface area contributed by atoms with Crippen molar-refractivity contribution in [2.45, 2.75) is 20.3 Å². The molecule has 0 aliphatic rings. The molecule has 0 saturated heterocycles. The first-order chi connectivity index (χ1) is 5.29. The zero-order chi connectivity index (χ0) is 8.69. The molecule has 64 valence electrons. The summed E-state index contributed by atoms with van der Waals surface area (Å²) < 4.78 is 0. The third-order valence-electron chi connectivity index (χ3n) is 1.38. The van der Waals surface area contributed by atoms with Crippen LogP contribution in [0.1, 0.15) is 20.3 Å². The van der Waals surface area contributed by atoms with E-state index in [4.69, 9.17) is 5.84 Å². The van der Waals surface area contributed by atoms with E-state index >= 15 is 0 Å². The highest BCUT2D eigenvalue weighted by Gasteiger charge is 1.97. The number of nitrogens with one attached hydrogen (secondary N) is 1. The van der Waals surface area contributed by atoms with Crippen molar-refractivity contribution in [1.29, 1.82) is 0 Å². The lowest BCUT2D eigenvalue weighted by atomic mass is 10.2. The van der Waals surface area contributed by atoms with Gasteiger partial charge in [0.25, 0.3) is 0 Å². The molecule has 2 nitrogen and oxygen atoms in total. The lowest BCUT2D eigenvalue weighted by molar-refractivity contribution is 0.922. The van der Waals surface area contributed by atoms with Crippen molar-refractivity contribution in [2.24, 2.45) is 5.84 Å². The van der Waals surface area contributed by atoms with Crippen molar-refractivity contribution >= 4 is 11.8 Å². The molecule has 0 spiro atoms. The number of hydrogen-bond donors (Lipinski definition) is 2. The number of rotatable bonds is 4. The van der Waals surface area contributed by atoms with Gasteiger partial charge >= 0.3 is 0 Å². The van der Waals surface area contributed by atoms with Gasteiger partial charge < -0.3 is 5.43 Å². The van der Waals surface area contributed by atoms with Crippen molar-refractivity contribution in [3.05, 3.63) is 22.8 Å². The van der Waals surface area contributed by atoms with Gasteiger partial charge in [-0.15, -0.1) is 11.8 Å². The van der Waals surface area contributed by atoms with E-state index in [1.807, 2.05) is 19.3 Å². The molecule has 0 unspecified atom stereocenters. The van der Waals surface area contributed by atoms with Crippen LogP contribution >= 0.6 is 11.8 Å². The maximum Gasteiger partial charge on any atom is 0.0851 e. The predicted octanol–water partition coefficient (Wildman–Crippen LogP) is 2.01. The van der Waals surface area contributed by atoms with E-state index in [0.29, 0.717) is 0 Å². The Morgan fingerprint density at radius 2 is 2.27 bits per heavy atom. The monoisotopic (exact) mass is 172 g/mol. The van der Waals surface area contributed by atoms with E-state index in [9.17, 15) is 0 Å². The minimum Gasteiger partial charge on any atom is -0.318 e. The Morgan fingerprint density at radius 3 is 2.55 bits per heavy atom. The van der Waals surface area contributed by atoms with E-state index in [2.05, 4.69) is 18.4 Å². The summed E-state index contributed by atoms with van der Waals surface area (Å²) in [6, 6.07) is 0. The summed E-state index contributed by atoms with van der Waals surface area (Å²) in [7, 11) is 0. The predicted molar refractivity (Wildman–Crippen MR) is 53.0 cm³/mol. The first-order valence-corrected chi connectivity index (χ1v) is 4.89. The molecule has 0 fully saturated rings. The third-order valence-corrected chi connectivity index (χ3v) is 2.16. The van der Waals surface area contributed by atoms with Crippen LogP contribution in [0.15, 0.2) is 22.8 Å². The highest BCUT2D eigenvalue weighted by atomic mass is 32.2. The number of hydrogen-bond acceptors (Lipinski definition) is 3. The fourth-order valence-electron chi connectivity index (χ4n) is 0.838. The van der Waals surface area contributed by atoms with Crippen LogP contribution in [0.4, 0.5) is 0 Å². The Kier molecular flexibility index (Phi) is 6.07. The van der Waals surface area contributed by atoms with Crippen molar-refractivity contribution in [1.82, 2.24) is 5.43 Å². The topological polar surface area (TPSA) is 38.0 Å². The van der Waals surface area contributed by atoms with Gasteiger partial charge in [0, 0.05) is 0 Å². The van der Waals surface area contributed by atoms with Gasteiger partial charge in [0.2, 0.25) is 0 Å². The molecule has 0 aromatic heterocycles. The second kappa shape index (κ2) is 6.31. The zero-order valence-corrected chi connectivity index (χ0v) is 8.16. The standard InChI is InChI=1S/C8H16N2S/c1-4-6-7(5-2)8(10-9)11-3/h4,6,10H,5,9H2,1-3H3/b6-4-,8-7+. The zero-order valence-electron chi connectivity index (χ0n) is 7.35. The average Bonchev–Trinajstić information content (AvgIpc) is 2.05. The van der Waals surface area contributed by atoms with Gasteiger partial charge in [-0.1, -0.05) is 19.1 Å². The van der Waals surface area contributed by atoms with E-state index in [1.54, 1.807) is 11.8 Å². The van der Waals surface area contributed by atoms with Crippen LogP contribution in [0.3, 0.4) is 0 Å². The van der Waals surface area contributed by atoms with Gasteiger partial charge in [0.05, 0.1) is 5.03 Å². The molecule has 0 bridgehead atoms. The lowest BCUT2D eigenvalue weighted by Gasteiger charge is -2.06. The molecule has 0 atom stereocenters. The van der Waals surface area contributed by atoms with E-state index in [-0.39, 0.29) is 0 Å². The van der Waals surface area contributed by atoms with E-state index in [1.165, 1.54) is 5.57 Å². The van der Waals surface area contributed by atoms with E-state index < -0.39 is 0 Å². The molecule has 0 radical (unpaired) electrons.